The maximum Gasteiger partial charge on any atom is 0.419 e. The Labute approximate surface area is 175 Å². The van der Waals surface area contributed by atoms with Gasteiger partial charge in [-0.05, 0) is 24.3 Å². The number of amides is 2. The van der Waals surface area contributed by atoms with E-state index in [1.807, 2.05) is 41.9 Å². The first-order valence-electron chi connectivity index (χ1n) is 9.41. The zero-order chi connectivity index (χ0) is 21.4. The first kappa shape index (κ1) is 18.4. The molecule has 31 heavy (non-hydrogen) atoms. The van der Waals surface area contributed by atoms with Gasteiger partial charge in [-0.25, -0.2) is 14.8 Å². The van der Waals surface area contributed by atoms with Crippen molar-refractivity contribution in [2.45, 2.75) is 0 Å². The van der Waals surface area contributed by atoms with Crippen LogP contribution in [0, 0.1) is 0 Å². The van der Waals surface area contributed by atoms with Gasteiger partial charge in [0, 0.05) is 30.3 Å². The van der Waals surface area contributed by atoms with E-state index in [0.29, 0.717) is 16.7 Å². The summed E-state index contributed by atoms with van der Waals surface area (Å²) in [6.07, 6.45) is 2.37. The number of rotatable bonds is 4. The number of hydrogen-bond donors (Lipinski definition) is 4. The largest absolute Gasteiger partial charge is 0.419 e. The minimum atomic E-state index is -0.716. The summed E-state index contributed by atoms with van der Waals surface area (Å²) in [6.45, 7) is 0. The normalized spacial score (nSPS) is 11.0. The predicted molar refractivity (Wildman–Crippen MR) is 115 cm³/mol. The van der Waals surface area contributed by atoms with Crippen LogP contribution in [-0.4, -0.2) is 36.5 Å². The number of ether oxygens (including phenoxy) is 1. The lowest BCUT2D eigenvalue weighted by molar-refractivity contribution is 0.101. The smallest absolute Gasteiger partial charge is 0.408 e. The van der Waals surface area contributed by atoms with Crippen molar-refractivity contribution in [3.63, 3.8) is 0 Å². The summed E-state index contributed by atoms with van der Waals surface area (Å²) < 4.78 is 7.17. The van der Waals surface area contributed by atoms with Gasteiger partial charge in [0.25, 0.3) is 5.91 Å². The number of aryl methyl sites for hydroxylation is 1. The zero-order valence-corrected chi connectivity index (χ0v) is 16.3. The van der Waals surface area contributed by atoms with E-state index in [0.717, 1.165) is 10.9 Å². The van der Waals surface area contributed by atoms with Crippen LogP contribution in [0.5, 0.6) is 5.75 Å². The second-order valence-electron chi connectivity index (χ2n) is 6.79. The Bertz CT molecular complexity index is 1420. The van der Waals surface area contributed by atoms with E-state index in [1.165, 1.54) is 6.20 Å². The number of imidazole rings is 2. The summed E-state index contributed by atoms with van der Waals surface area (Å²) >= 11 is 0. The summed E-state index contributed by atoms with van der Waals surface area (Å²) in [5, 5.41) is 6.22. The molecule has 0 spiro atoms. The number of H-pyrrole nitrogens is 2. The van der Waals surface area contributed by atoms with Gasteiger partial charge in [-0.15, -0.1) is 0 Å². The zero-order valence-electron chi connectivity index (χ0n) is 16.3. The molecule has 0 aliphatic carbocycles. The molecule has 0 saturated carbocycles. The van der Waals surface area contributed by atoms with E-state index in [1.54, 1.807) is 24.4 Å². The van der Waals surface area contributed by atoms with Crippen LogP contribution in [0.3, 0.4) is 0 Å². The second kappa shape index (κ2) is 7.34. The standard InChI is InChI=1S/C21H17N7O3/c1-28-14-7-3-2-5-12(14)11-15(28)18(29)26-20-24-13-6-4-8-16(17(13)25-20)31-21(30)27-19-22-9-10-23-19/h2-11H,1H3,(H2,22,23,27,30)(H2,24,25,26,29). The number of nitrogens with one attached hydrogen (secondary N) is 4. The molecule has 2 aromatic carbocycles. The third kappa shape index (κ3) is 3.46. The van der Waals surface area contributed by atoms with Gasteiger partial charge in [-0.1, -0.05) is 24.3 Å². The van der Waals surface area contributed by atoms with Gasteiger partial charge >= 0.3 is 6.09 Å². The number of carbonyl (C=O) groups excluding carboxylic acids is 2. The first-order chi connectivity index (χ1) is 15.1. The molecule has 0 unspecified atom stereocenters. The lowest BCUT2D eigenvalue weighted by atomic mass is 10.2. The van der Waals surface area contributed by atoms with Crippen LogP contribution >= 0.6 is 0 Å². The number of anilines is 2. The Hall–Kier alpha value is -4.60. The third-order valence-electron chi connectivity index (χ3n) is 4.81. The van der Waals surface area contributed by atoms with Gasteiger partial charge in [0.15, 0.2) is 5.75 Å². The molecule has 4 N–H and O–H groups in total. The Morgan fingerprint density at radius 1 is 1.06 bits per heavy atom. The van der Waals surface area contributed by atoms with Crippen molar-refractivity contribution in [3.05, 3.63) is 66.6 Å². The highest BCUT2D eigenvalue weighted by Crippen LogP contribution is 2.26. The van der Waals surface area contributed by atoms with Crippen LogP contribution < -0.4 is 15.4 Å². The summed E-state index contributed by atoms with van der Waals surface area (Å²) in [4.78, 5) is 39.0. The lowest BCUT2D eigenvalue weighted by Crippen LogP contribution is -2.17. The van der Waals surface area contributed by atoms with Gasteiger partial charge < -0.3 is 19.3 Å². The molecular formula is C21H17N7O3. The number of para-hydroxylation sites is 2. The van der Waals surface area contributed by atoms with Crippen LogP contribution in [0.25, 0.3) is 21.9 Å². The molecule has 5 rings (SSSR count). The molecule has 0 atom stereocenters. The number of aromatic nitrogens is 5. The Kier molecular flexibility index (Phi) is 4.36. The van der Waals surface area contributed by atoms with Gasteiger partial charge in [0.05, 0.1) is 5.52 Å². The van der Waals surface area contributed by atoms with Gasteiger partial charge in [-0.2, -0.15) is 0 Å². The summed E-state index contributed by atoms with van der Waals surface area (Å²) in [5.41, 5.74) is 2.46. The number of benzene rings is 2. The average Bonchev–Trinajstić information content (AvgIpc) is 3.48. The van der Waals surface area contributed by atoms with Crippen LogP contribution in [0.15, 0.2) is 60.9 Å². The molecule has 0 fully saturated rings. The van der Waals surface area contributed by atoms with Gasteiger partial charge in [-0.3, -0.25) is 15.4 Å². The van der Waals surface area contributed by atoms with Crippen LogP contribution in [0.4, 0.5) is 16.7 Å². The minimum absolute atomic E-state index is 0.239. The molecular weight excluding hydrogens is 398 g/mol. The van der Waals surface area contributed by atoms with E-state index in [-0.39, 0.29) is 23.6 Å². The highest BCUT2D eigenvalue weighted by molar-refractivity contribution is 6.06. The molecule has 3 aromatic heterocycles. The Balaban J connectivity index is 1.38. The second-order valence-corrected chi connectivity index (χ2v) is 6.79. The van der Waals surface area contributed by atoms with E-state index in [4.69, 9.17) is 4.74 Å². The minimum Gasteiger partial charge on any atom is -0.408 e. The lowest BCUT2D eigenvalue weighted by Gasteiger charge is -2.04. The van der Waals surface area contributed by atoms with Crippen molar-refractivity contribution in [1.29, 1.82) is 0 Å². The van der Waals surface area contributed by atoms with Crippen molar-refractivity contribution < 1.29 is 14.3 Å². The molecule has 10 nitrogen and oxygen atoms in total. The molecule has 154 valence electrons. The van der Waals surface area contributed by atoms with E-state index >= 15 is 0 Å². The Morgan fingerprint density at radius 3 is 2.74 bits per heavy atom. The van der Waals surface area contributed by atoms with Gasteiger partial charge in [0.2, 0.25) is 11.9 Å². The summed E-state index contributed by atoms with van der Waals surface area (Å²) in [6, 6.07) is 14.7. The predicted octanol–water partition coefficient (Wildman–Crippen LogP) is 3.64. The number of fused-ring (bicyclic) bond motifs is 2. The van der Waals surface area contributed by atoms with E-state index < -0.39 is 6.09 Å². The molecule has 0 bridgehead atoms. The van der Waals surface area contributed by atoms with Gasteiger partial charge in [0.1, 0.15) is 11.2 Å². The third-order valence-corrected chi connectivity index (χ3v) is 4.81. The van der Waals surface area contributed by atoms with Crippen LogP contribution in [0.2, 0.25) is 0 Å². The molecule has 5 aromatic rings. The van der Waals surface area contributed by atoms with E-state index in [2.05, 4.69) is 30.6 Å². The number of hydrogen-bond acceptors (Lipinski definition) is 5. The summed E-state index contributed by atoms with van der Waals surface area (Å²) in [5.74, 6) is 0.438. The van der Waals surface area contributed by atoms with Crippen molar-refractivity contribution in [2.24, 2.45) is 7.05 Å². The highest BCUT2D eigenvalue weighted by atomic mass is 16.6. The number of aromatic amines is 2. The molecule has 2 amide bonds. The fourth-order valence-electron chi connectivity index (χ4n) is 3.38. The monoisotopic (exact) mass is 415 g/mol. The average molecular weight is 415 g/mol. The van der Waals surface area contributed by atoms with Crippen molar-refractivity contribution in [2.75, 3.05) is 10.6 Å². The van der Waals surface area contributed by atoms with Crippen LogP contribution in [0.1, 0.15) is 10.5 Å². The maximum atomic E-state index is 12.8. The Morgan fingerprint density at radius 2 is 1.94 bits per heavy atom. The maximum absolute atomic E-state index is 12.8. The topological polar surface area (TPSA) is 130 Å². The highest BCUT2D eigenvalue weighted by Gasteiger charge is 2.17. The van der Waals surface area contributed by atoms with Crippen LogP contribution in [-0.2, 0) is 7.05 Å². The van der Waals surface area contributed by atoms with Crippen molar-refractivity contribution in [3.8, 4) is 5.75 Å². The SMILES string of the molecule is Cn1c(C(=O)Nc2nc3c(OC(=O)Nc4ncc[nH]4)cccc3[nH]2)cc2ccccc21. The van der Waals surface area contributed by atoms with E-state index in [9.17, 15) is 9.59 Å². The molecule has 3 heterocycles. The molecule has 10 heteroatoms. The van der Waals surface area contributed by atoms with Crippen molar-refractivity contribution >= 4 is 45.8 Å². The first-order valence-corrected chi connectivity index (χ1v) is 9.41. The number of carbonyl (C=O) groups is 2. The molecule has 0 aliphatic rings. The number of nitrogens with zero attached hydrogens (tertiary/aromatic N) is 3. The fraction of sp³-hybridized carbons (Fsp3) is 0.0476. The molecule has 0 radical (unpaired) electrons. The molecule has 0 aliphatic heterocycles. The summed E-state index contributed by atoms with van der Waals surface area (Å²) in [7, 11) is 1.83. The molecule has 0 saturated heterocycles. The fourth-order valence-corrected chi connectivity index (χ4v) is 3.38. The quantitative estimate of drug-likeness (QED) is 0.356. The van der Waals surface area contributed by atoms with Crippen molar-refractivity contribution in [1.82, 2.24) is 24.5 Å².